The third kappa shape index (κ3) is 3.68. The van der Waals surface area contributed by atoms with Crippen molar-refractivity contribution in [2.75, 3.05) is 9.80 Å². The predicted molar refractivity (Wildman–Crippen MR) is 160 cm³/mol. The summed E-state index contributed by atoms with van der Waals surface area (Å²) in [6.45, 7) is 2.15. The van der Waals surface area contributed by atoms with Crippen LogP contribution in [0.2, 0.25) is 0 Å². The highest BCUT2D eigenvalue weighted by atomic mass is 16.3. The van der Waals surface area contributed by atoms with E-state index in [1.807, 2.05) is 12.1 Å². The zero-order valence-electron chi connectivity index (χ0n) is 21.1. The molecule has 1 aliphatic rings. The summed E-state index contributed by atoms with van der Waals surface area (Å²) < 4.78 is 6.42. The van der Waals surface area contributed by atoms with E-state index in [0.717, 1.165) is 61.6 Å². The summed E-state index contributed by atoms with van der Waals surface area (Å²) in [5, 5.41) is 2.26. The molecule has 2 heterocycles. The minimum Gasteiger partial charge on any atom is -0.454 e. The Bertz CT molecular complexity index is 1790. The van der Waals surface area contributed by atoms with E-state index in [-0.39, 0.29) is 0 Å². The van der Waals surface area contributed by atoms with Crippen LogP contribution in [-0.2, 0) is 0 Å². The first-order valence-electron chi connectivity index (χ1n) is 12.9. The fraction of sp³-hybridized carbons (Fsp3) is 0.0286. The third-order valence-electron chi connectivity index (χ3n) is 7.13. The molecule has 0 amide bonds. The second-order valence-electron chi connectivity index (χ2n) is 9.50. The molecule has 3 heteroatoms. The number of anilines is 5. The number of hydrogen-bond acceptors (Lipinski definition) is 3. The Morgan fingerprint density at radius 2 is 1.29 bits per heavy atom. The molecule has 0 unspecified atom stereocenters. The van der Waals surface area contributed by atoms with Crippen LogP contribution in [0.4, 0.5) is 28.4 Å². The molecule has 1 aromatic heterocycles. The lowest BCUT2D eigenvalue weighted by Gasteiger charge is -2.29. The molecule has 0 N–H and O–H groups in total. The molecule has 6 aromatic rings. The Kier molecular flexibility index (Phi) is 5.33. The Morgan fingerprint density at radius 1 is 0.605 bits per heavy atom. The van der Waals surface area contributed by atoms with Crippen molar-refractivity contribution in [3.63, 3.8) is 0 Å². The monoisotopic (exact) mass is 490 g/mol. The van der Waals surface area contributed by atoms with Crippen LogP contribution in [0.1, 0.15) is 12.5 Å². The first kappa shape index (κ1) is 22.2. The minimum atomic E-state index is 0.897. The Labute approximate surface area is 222 Å². The highest BCUT2D eigenvalue weighted by Gasteiger charge is 2.22. The highest BCUT2D eigenvalue weighted by Crippen LogP contribution is 2.44. The van der Waals surface area contributed by atoms with Gasteiger partial charge in [-0.05, 0) is 67.6 Å². The third-order valence-corrected chi connectivity index (χ3v) is 7.13. The second kappa shape index (κ2) is 9.13. The first-order chi connectivity index (χ1) is 18.8. The van der Waals surface area contributed by atoms with Crippen molar-refractivity contribution >= 4 is 56.5 Å². The Balaban J connectivity index is 1.40. The predicted octanol–water partition coefficient (Wildman–Crippen LogP) is 10.1. The average Bonchev–Trinajstić information content (AvgIpc) is 3.27. The molecule has 0 bridgehead atoms. The number of allylic oxidation sites excluding steroid dienone is 3. The van der Waals surface area contributed by atoms with Crippen LogP contribution < -0.4 is 9.80 Å². The molecule has 182 valence electrons. The average molecular weight is 491 g/mol. The van der Waals surface area contributed by atoms with E-state index in [4.69, 9.17) is 4.42 Å². The lowest BCUT2D eigenvalue weighted by molar-refractivity contribution is 0.668. The van der Waals surface area contributed by atoms with E-state index in [0.29, 0.717) is 0 Å². The van der Waals surface area contributed by atoms with Gasteiger partial charge in [0.15, 0.2) is 5.58 Å². The molecule has 7 rings (SSSR count). The number of rotatable bonds is 4. The zero-order chi connectivity index (χ0) is 25.5. The van der Waals surface area contributed by atoms with Crippen LogP contribution in [0.25, 0.3) is 28.0 Å². The molecule has 3 nitrogen and oxygen atoms in total. The van der Waals surface area contributed by atoms with Gasteiger partial charge in [0, 0.05) is 39.1 Å². The van der Waals surface area contributed by atoms with Crippen molar-refractivity contribution in [3.05, 3.63) is 145 Å². The summed E-state index contributed by atoms with van der Waals surface area (Å²) in [5.41, 5.74) is 9.56. The van der Waals surface area contributed by atoms with Crippen LogP contribution in [0.15, 0.2) is 144 Å². The SMILES string of the molecule is CC1=CC=Cc2cc(N(c3ccccc3)c3ccccc3)ccc2N1c1cccc2c1oc1ccccc12. The van der Waals surface area contributed by atoms with E-state index in [1.54, 1.807) is 0 Å². The van der Waals surface area contributed by atoms with Crippen molar-refractivity contribution in [1.82, 2.24) is 0 Å². The summed E-state index contributed by atoms with van der Waals surface area (Å²) in [4.78, 5) is 4.60. The minimum absolute atomic E-state index is 0.897. The largest absolute Gasteiger partial charge is 0.454 e. The lowest BCUT2D eigenvalue weighted by atomic mass is 10.1. The molecule has 0 saturated carbocycles. The maximum Gasteiger partial charge on any atom is 0.159 e. The number of furan rings is 1. The summed E-state index contributed by atoms with van der Waals surface area (Å²) in [7, 11) is 0. The van der Waals surface area contributed by atoms with Gasteiger partial charge in [0.05, 0.1) is 11.4 Å². The van der Waals surface area contributed by atoms with E-state index in [2.05, 4.69) is 144 Å². The van der Waals surface area contributed by atoms with E-state index in [9.17, 15) is 0 Å². The van der Waals surface area contributed by atoms with Gasteiger partial charge in [-0.15, -0.1) is 0 Å². The van der Waals surface area contributed by atoms with Crippen molar-refractivity contribution in [2.24, 2.45) is 0 Å². The molecule has 1 aliphatic heterocycles. The smallest absolute Gasteiger partial charge is 0.159 e. The van der Waals surface area contributed by atoms with Gasteiger partial charge in [-0.3, -0.25) is 0 Å². The molecule has 0 fully saturated rings. The fourth-order valence-corrected chi connectivity index (χ4v) is 5.40. The van der Waals surface area contributed by atoms with Gasteiger partial charge in [-0.2, -0.15) is 0 Å². The highest BCUT2D eigenvalue weighted by molar-refractivity contribution is 6.10. The lowest BCUT2D eigenvalue weighted by Crippen LogP contribution is -2.16. The van der Waals surface area contributed by atoms with Gasteiger partial charge < -0.3 is 14.2 Å². The molecule has 38 heavy (non-hydrogen) atoms. The fourth-order valence-electron chi connectivity index (χ4n) is 5.40. The van der Waals surface area contributed by atoms with E-state index >= 15 is 0 Å². The van der Waals surface area contributed by atoms with Crippen molar-refractivity contribution in [1.29, 1.82) is 0 Å². The molecular weight excluding hydrogens is 464 g/mol. The molecule has 0 spiro atoms. The standard InChI is InChI=1S/C35H26N2O/c1-25-12-10-13-26-24-29(37(27-14-4-2-5-15-27)28-16-6-3-7-17-28)22-23-32(26)36(25)33-20-11-19-31-30-18-8-9-21-34(30)38-35(31)33/h2-24H,1H3. The number of benzene rings is 5. The summed E-state index contributed by atoms with van der Waals surface area (Å²) in [5.74, 6) is 0. The number of hydrogen-bond donors (Lipinski definition) is 0. The van der Waals surface area contributed by atoms with E-state index < -0.39 is 0 Å². The maximum absolute atomic E-state index is 6.42. The van der Waals surface area contributed by atoms with Crippen LogP contribution in [0.3, 0.4) is 0 Å². The topological polar surface area (TPSA) is 19.6 Å². The molecule has 5 aromatic carbocycles. The van der Waals surface area contributed by atoms with Gasteiger partial charge in [0.1, 0.15) is 5.58 Å². The van der Waals surface area contributed by atoms with Gasteiger partial charge in [0.2, 0.25) is 0 Å². The quantitative estimate of drug-likeness (QED) is 0.245. The maximum atomic E-state index is 6.42. The number of para-hydroxylation sites is 4. The van der Waals surface area contributed by atoms with E-state index in [1.165, 1.54) is 0 Å². The summed E-state index contributed by atoms with van der Waals surface area (Å²) in [6.07, 6.45) is 6.48. The van der Waals surface area contributed by atoms with Crippen LogP contribution >= 0.6 is 0 Å². The molecule has 0 saturated heterocycles. The molecule has 0 aliphatic carbocycles. The summed E-state index contributed by atoms with van der Waals surface area (Å²) in [6, 6.07) is 42.4. The Hall–Kier alpha value is -5.02. The van der Waals surface area contributed by atoms with Crippen LogP contribution in [-0.4, -0.2) is 0 Å². The number of fused-ring (bicyclic) bond motifs is 4. The Morgan fingerprint density at radius 3 is 2.05 bits per heavy atom. The number of nitrogens with zero attached hydrogens (tertiary/aromatic N) is 2. The van der Waals surface area contributed by atoms with Crippen molar-refractivity contribution in [2.45, 2.75) is 6.92 Å². The van der Waals surface area contributed by atoms with Crippen molar-refractivity contribution < 1.29 is 4.42 Å². The zero-order valence-corrected chi connectivity index (χ0v) is 21.1. The van der Waals surface area contributed by atoms with Gasteiger partial charge >= 0.3 is 0 Å². The summed E-state index contributed by atoms with van der Waals surface area (Å²) >= 11 is 0. The normalized spacial score (nSPS) is 12.9. The molecular formula is C35H26N2O. The first-order valence-corrected chi connectivity index (χ1v) is 12.9. The molecule has 0 atom stereocenters. The van der Waals surface area contributed by atoms with Crippen LogP contribution in [0.5, 0.6) is 0 Å². The van der Waals surface area contributed by atoms with Gasteiger partial charge in [-0.1, -0.05) is 78.9 Å². The second-order valence-corrected chi connectivity index (χ2v) is 9.50. The van der Waals surface area contributed by atoms with Crippen molar-refractivity contribution in [3.8, 4) is 0 Å². The molecule has 0 radical (unpaired) electrons. The van der Waals surface area contributed by atoms with Crippen LogP contribution in [0, 0.1) is 0 Å². The van der Waals surface area contributed by atoms with Gasteiger partial charge in [0.25, 0.3) is 0 Å². The van der Waals surface area contributed by atoms with Gasteiger partial charge in [-0.25, -0.2) is 0 Å².